The highest BCUT2D eigenvalue weighted by Gasteiger charge is 2.06. The lowest BCUT2D eigenvalue weighted by atomic mass is 10.2. The molecule has 1 heterocycles. The fraction of sp³-hybridized carbons (Fsp3) is 0.273. The van der Waals surface area contributed by atoms with Gasteiger partial charge in [0.2, 0.25) is 0 Å². The lowest BCUT2D eigenvalue weighted by molar-refractivity contribution is 0.994. The SMILES string of the molecule is Cl.NCc1cccc(N2CC=CC2)c1. The summed E-state index contributed by atoms with van der Waals surface area (Å²) < 4.78 is 0. The molecule has 2 nitrogen and oxygen atoms in total. The van der Waals surface area contributed by atoms with E-state index in [-0.39, 0.29) is 12.4 Å². The molecule has 2 rings (SSSR count). The smallest absolute Gasteiger partial charge is 0.0375 e. The van der Waals surface area contributed by atoms with Gasteiger partial charge in [-0.15, -0.1) is 12.4 Å². The van der Waals surface area contributed by atoms with Gasteiger partial charge in [-0.1, -0.05) is 24.3 Å². The van der Waals surface area contributed by atoms with Crippen LogP contribution in [0, 0.1) is 0 Å². The van der Waals surface area contributed by atoms with E-state index in [4.69, 9.17) is 5.73 Å². The number of nitrogens with two attached hydrogens (primary N) is 1. The summed E-state index contributed by atoms with van der Waals surface area (Å²) in [6.07, 6.45) is 4.38. The molecule has 1 aliphatic rings. The van der Waals surface area contributed by atoms with E-state index >= 15 is 0 Å². The minimum atomic E-state index is 0. The van der Waals surface area contributed by atoms with Crippen LogP contribution in [0.2, 0.25) is 0 Å². The molecule has 0 unspecified atom stereocenters. The molecule has 0 fully saturated rings. The van der Waals surface area contributed by atoms with Crippen molar-refractivity contribution in [3.8, 4) is 0 Å². The molecule has 1 aromatic carbocycles. The monoisotopic (exact) mass is 210 g/mol. The summed E-state index contributed by atoms with van der Waals surface area (Å²) in [5.41, 5.74) is 8.05. The highest BCUT2D eigenvalue weighted by molar-refractivity contribution is 5.85. The molecule has 1 aliphatic heterocycles. The van der Waals surface area contributed by atoms with E-state index in [0.717, 1.165) is 13.1 Å². The highest BCUT2D eigenvalue weighted by atomic mass is 35.5. The molecule has 0 aromatic heterocycles. The Morgan fingerprint density at radius 1 is 1.21 bits per heavy atom. The van der Waals surface area contributed by atoms with E-state index in [2.05, 4.69) is 41.3 Å². The van der Waals surface area contributed by atoms with Gasteiger partial charge in [0, 0.05) is 25.3 Å². The first kappa shape index (κ1) is 11.1. The molecule has 14 heavy (non-hydrogen) atoms. The maximum atomic E-state index is 5.58. The zero-order valence-corrected chi connectivity index (χ0v) is 8.83. The summed E-state index contributed by atoms with van der Waals surface area (Å²) in [5.74, 6) is 0. The first-order valence-corrected chi connectivity index (χ1v) is 4.59. The molecule has 1 aromatic rings. The first-order valence-electron chi connectivity index (χ1n) is 4.59. The predicted octanol–water partition coefficient (Wildman–Crippen LogP) is 1.94. The van der Waals surface area contributed by atoms with Crippen LogP contribution in [0.25, 0.3) is 0 Å². The molecule has 0 spiro atoms. The van der Waals surface area contributed by atoms with Crippen molar-refractivity contribution < 1.29 is 0 Å². The predicted molar refractivity (Wildman–Crippen MR) is 62.9 cm³/mol. The van der Waals surface area contributed by atoms with Crippen LogP contribution in [-0.4, -0.2) is 13.1 Å². The van der Waals surface area contributed by atoms with Crippen LogP contribution in [0.15, 0.2) is 36.4 Å². The molecule has 0 atom stereocenters. The molecule has 0 saturated heterocycles. The quantitative estimate of drug-likeness (QED) is 0.757. The maximum absolute atomic E-state index is 5.58. The summed E-state index contributed by atoms with van der Waals surface area (Å²) >= 11 is 0. The van der Waals surface area contributed by atoms with Crippen LogP contribution in [0.3, 0.4) is 0 Å². The van der Waals surface area contributed by atoms with E-state index in [0.29, 0.717) is 6.54 Å². The average Bonchev–Trinajstić information content (AvgIpc) is 2.71. The summed E-state index contributed by atoms with van der Waals surface area (Å²) in [7, 11) is 0. The number of benzene rings is 1. The summed E-state index contributed by atoms with van der Waals surface area (Å²) in [6.45, 7) is 2.66. The molecular weight excluding hydrogens is 196 g/mol. The Balaban J connectivity index is 0.000000980. The summed E-state index contributed by atoms with van der Waals surface area (Å²) in [5, 5.41) is 0. The zero-order valence-electron chi connectivity index (χ0n) is 8.02. The Labute approximate surface area is 90.8 Å². The normalized spacial score (nSPS) is 14.2. The van der Waals surface area contributed by atoms with Gasteiger partial charge >= 0.3 is 0 Å². The van der Waals surface area contributed by atoms with Crippen LogP contribution < -0.4 is 10.6 Å². The van der Waals surface area contributed by atoms with E-state index < -0.39 is 0 Å². The molecule has 0 saturated carbocycles. The van der Waals surface area contributed by atoms with Gasteiger partial charge in [-0.3, -0.25) is 0 Å². The van der Waals surface area contributed by atoms with Crippen molar-refractivity contribution in [2.75, 3.05) is 18.0 Å². The molecule has 0 aliphatic carbocycles. The number of halogens is 1. The molecule has 0 amide bonds. The lowest BCUT2D eigenvalue weighted by Crippen LogP contribution is -2.18. The fourth-order valence-corrected chi connectivity index (χ4v) is 1.57. The first-order chi connectivity index (χ1) is 6.40. The van der Waals surface area contributed by atoms with Crippen molar-refractivity contribution in [2.24, 2.45) is 5.73 Å². The second kappa shape index (κ2) is 5.03. The second-order valence-corrected chi connectivity index (χ2v) is 3.25. The van der Waals surface area contributed by atoms with Gasteiger partial charge in [-0.25, -0.2) is 0 Å². The molecule has 2 N–H and O–H groups in total. The van der Waals surface area contributed by atoms with Gasteiger partial charge in [-0.05, 0) is 17.7 Å². The van der Waals surface area contributed by atoms with Crippen molar-refractivity contribution in [3.63, 3.8) is 0 Å². The zero-order chi connectivity index (χ0) is 9.10. The molecule has 76 valence electrons. The van der Waals surface area contributed by atoms with Crippen molar-refractivity contribution in [3.05, 3.63) is 42.0 Å². The standard InChI is InChI=1S/C11H14N2.ClH/c12-9-10-4-3-5-11(8-10)13-6-1-2-7-13;/h1-5,8H,6-7,9,12H2;1H. The van der Waals surface area contributed by atoms with Gasteiger partial charge in [0.1, 0.15) is 0 Å². The largest absolute Gasteiger partial charge is 0.364 e. The Morgan fingerprint density at radius 3 is 2.57 bits per heavy atom. The third-order valence-corrected chi connectivity index (χ3v) is 2.33. The van der Waals surface area contributed by atoms with Gasteiger partial charge in [0.05, 0.1) is 0 Å². The third-order valence-electron chi connectivity index (χ3n) is 2.33. The van der Waals surface area contributed by atoms with Crippen LogP contribution in [0.4, 0.5) is 5.69 Å². The third kappa shape index (κ3) is 2.28. The summed E-state index contributed by atoms with van der Waals surface area (Å²) in [6, 6.07) is 8.42. The van der Waals surface area contributed by atoms with Crippen LogP contribution in [-0.2, 0) is 6.54 Å². The minimum absolute atomic E-state index is 0. The number of rotatable bonds is 2. The molecule has 0 radical (unpaired) electrons. The fourth-order valence-electron chi connectivity index (χ4n) is 1.57. The molecule has 3 heteroatoms. The Bertz CT molecular complexity index is 315. The van der Waals surface area contributed by atoms with Crippen molar-refractivity contribution in [2.45, 2.75) is 6.54 Å². The number of anilines is 1. The van der Waals surface area contributed by atoms with E-state index in [1.165, 1.54) is 11.3 Å². The highest BCUT2D eigenvalue weighted by Crippen LogP contribution is 2.17. The molecule has 0 bridgehead atoms. The van der Waals surface area contributed by atoms with Crippen molar-refractivity contribution in [1.29, 1.82) is 0 Å². The van der Waals surface area contributed by atoms with E-state index in [1.54, 1.807) is 0 Å². The van der Waals surface area contributed by atoms with Gasteiger partial charge in [0.25, 0.3) is 0 Å². The number of nitrogens with zero attached hydrogens (tertiary/aromatic N) is 1. The Morgan fingerprint density at radius 2 is 1.93 bits per heavy atom. The number of hydrogen-bond donors (Lipinski definition) is 1. The van der Waals surface area contributed by atoms with E-state index in [9.17, 15) is 0 Å². The van der Waals surface area contributed by atoms with Crippen molar-refractivity contribution >= 4 is 18.1 Å². The van der Waals surface area contributed by atoms with Crippen LogP contribution in [0.5, 0.6) is 0 Å². The number of hydrogen-bond acceptors (Lipinski definition) is 2. The lowest BCUT2D eigenvalue weighted by Gasteiger charge is -2.18. The van der Waals surface area contributed by atoms with Gasteiger partial charge in [0.15, 0.2) is 0 Å². The Kier molecular flexibility index (Phi) is 3.98. The van der Waals surface area contributed by atoms with Crippen LogP contribution >= 0.6 is 12.4 Å². The summed E-state index contributed by atoms with van der Waals surface area (Å²) in [4.78, 5) is 2.32. The molecular formula is C11H15ClN2. The second-order valence-electron chi connectivity index (χ2n) is 3.25. The van der Waals surface area contributed by atoms with Crippen molar-refractivity contribution in [1.82, 2.24) is 0 Å². The Hall–Kier alpha value is -0.990. The van der Waals surface area contributed by atoms with E-state index in [1.807, 2.05) is 0 Å². The topological polar surface area (TPSA) is 29.3 Å². The van der Waals surface area contributed by atoms with Gasteiger partial charge in [-0.2, -0.15) is 0 Å². The maximum Gasteiger partial charge on any atom is 0.0375 e. The minimum Gasteiger partial charge on any atom is -0.364 e. The average molecular weight is 211 g/mol. The van der Waals surface area contributed by atoms with Gasteiger partial charge < -0.3 is 10.6 Å². The van der Waals surface area contributed by atoms with Crippen LogP contribution in [0.1, 0.15) is 5.56 Å².